The maximum atomic E-state index is 4.65. The number of nitrogens with zero attached hydrogens (tertiary/aromatic N) is 3. The van der Waals surface area contributed by atoms with Crippen LogP contribution in [0.2, 0.25) is 0 Å². The van der Waals surface area contributed by atoms with E-state index < -0.39 is 0 Å². The predicted octanol–water partition coefficient (Wildman–Crippen LogP) is 1.82. The summed E-state index contributed by atoms with van der Waals surface area (Å²) >= 11 is 0. The summed E-state index contributed by atoms with van der Waals surface area (Å²) in [5, 5.41) is 4.44. The molecule has 0 spiro atoms. The van der Waals surface area contributed by atoms with Crippen molar-refractivity contribution < 1.29 is 0 Å². The van der Waals surface area contributed by atoms with Crippen LogP contribution in [0.1, 0.15) is 12.8 Å². The Morgan fingerprint density at radius 1 is 1.33 bits per heavy atom. The first-order valence-electron chi connectivity index (χ1n) is 6.51. The first kappa shape index (κ1) is 11.4. The molecule has 94 valence electrons. The second-order valence-corrected chi connectivity index (χ2v) is 4.80. The lowest BCUT2D eigenvalue weighted by molar-refractivity contribution is 0.445. The molecule has 2 heterocycles. The average molecular weight is 242 g/mol. The first-order chi connectivity index (χ1) is 8.86. The zero-order valence-electron chi connectivity index (χ0n) is 10.6. The fourth-order valence-electron chi connectivity index (χ4n) is 2.51. The summed E-state index contributed by atoms with van der Waals surface area (Å²) in [6.45, 7) is 2.05. The van der Waals surface area contributed by atoms with Gasteiger partial charge < -0.3 is 10.2 Å². The van der Waals surface area contributed by atoms with Crippen LogP contribution < -0.4 is 10.2 Å². The molecule has 1 unspecified atom stereocenters. The van der Waals surface area contributed by atoms with Gasteiger partial charge in [-0.25, -0.2) is 9.97 Å². The minimum atomic E-state index is 0.550. The zero-order valence-corrected chi connectivity index (χ0v) is 10.6. The molecule has 0 saturated carbocycles. The highest BCUT2D eigenvalue weighted by Crippen LogP contribution is 2.18. The third kappa shape index (κ3) is 2.16. The Morgan fingerprint density at radius 3 is 3.11 bits per heavy atom. The van der Waals surface area contributed by atoms with Crippen molar-refractivity contribution in [3.63, 3.8) is 0 Å². The summed E-state index contributed by atoms with van der Waals surface area (Å²) < 4.78 is 0. The SMILES string of the molecule is CNC1CCCN(c2ncc3ccccc3n2)C1. The van der Waals surface area contributed by atoms with Gasteiger partial charge in [-0.3, -0.25) is 0 Å². The van der Waals surface area contributed by atoms with E-state index >= 15 is 0 Å². The Balaban J connectivity index is 1.89. The van der Waals surface area contributed by atoms with Crippen molar-refractivity contribution in [3.05, 3.63) is 30.5 Å². The van der Waals surface area contributed by atoms with Crippen LogP contribution in [0.15, 0.2) is 30.5 Å². The van der Waals surface area contributed by atoms with Crippen molar-refractivity contribution in [2.24, 2.45) is 0 Å². The lowest BCUT2D eigenvalue weighted by Crippen LogP contribution is -2.45. The molecular formula is C14H18N4. The molecule has 1 atom stereocenters. The Hall–Kier alpha value is -1.68. The topological polar surface area (TPSA) is 41.0 Å². The maximum absolute atomic E-state index is 4.65. The van der Waals surface area contributed by atoms with Crippen molar-refractivity contribution in [1.82, 2.24) is 15.3 Å². The quantitative estimate of drug-likeness (QED) is 0.872. The molecule has 0 bridgehead atoms. The van der Waals surface area contributed by atoms with Gasteiger partial charge in [0.2, 0.25) is 5.95 Å². The van der Waals surface area contributed by atoms with Crippen LogP contribution in [0.4, 0.5) is 5.95 Å². The van der Waals surface area contributed by atoms with E-state index in [1.165, 1.54) is 12.8 Å². The average Bonchev–Trinajstić information content (AvgIpc) is 2.47. The molecule has 4 heteroatoms. The summed E-state index contributed by atoms with van der Waals surface area (Å²) in [4.78, 5) is 11.4. The molecule has 4 nitrogen and oxygen atoms in total. The van der Waals surface area contributed by atoms with Crippen LogP contribution in [0, 0.1) is 0 Å². The van der Waals surface area contributed by atoms with Crippen molar-refractivity contribution in [2.45, 2.75) is 18.9 Å². The van der Waals surface area contributed by atoms with E-state index in [0.29, 0.717) is 6.04 Å². The summed E-state index contributed by atoms with van der Waals surface area (Å²) in [6.07, 6.45) is 4.35. The number of likely N-dealkylation sites (N-methyl/N-ethyl adjacent to an activating group) is 1. The number of rotatable bonds is 2. The van der Waals surface area contributed by atoms with Gasteiger partial charge in [-0.1, -0.05) is 18.2 Å². The molecule has 0 radical (unpaired) electrons. The highest BCUT2D eigenvalue weighted by Gasteiger charge is 2.20. The van der Waals surface area contributed by atoms with Crippen LogP contribution in [-0.4, -0.2) is 36.1 Å². The van der Waals surface area contributed by atoms with Gasteiger partial charge in [-0.2, -0.15) is 0 Å². The predicted molar refractivity (Wildman–Crippen MR) is 73.8 cm³/mol. The van der Waals surface area contributed by atoms with Gasteiger partial charge in [-0.15, -0.1) is 0 Å². The van der Waals surface area contributed by atoms with E-state index in [1.807, 2.05) is 37.5 Å². The van der Waals surface area contributed by atoms with Crippen LogP contribution in [0.3, 0.4) is 0 Å². The second-order valence-electron chi connectivity index (χ2n) is 4.80. The van der Waals surface area contributed by atoms with Crippen LogP contribution in [-0.2, 0) is 0 Å². The van der Waals surface area contributed by atoms with Gasteiger partial charge in [0.15, 0.2) is 0 Å². The number of hydrogen-bond acceptors (Lipinski definition) is 4. The summed E-state index contributed by atoms with van der Waals surface area (Å²) in [6, 6.07) is 8.68. The van der Waals surface area contributed by atoms with E-state index in [-0.39, 0.29) is 0 Å². The Labute approximate surface area is 107 Å². The minimum Gasteiger partial charge on any atom is -0.339 e. The van der Waals surface area contributed by atoms with Gasteiger partial charge in [0.05, 0.1) is 5.52 Å². The molecule has 1 saturated heterocycles. The second kappa shape index (κ2) is 4.90. The zero-order chi connectivity index (χ0) is 12.4. The highest BCUT2D eigenvalue weighted by atomic mass is 15.3. The van der Waals surface area contributed by atoms with E-state index in [9.17, 15) is 0 Å². The standard InChI is InChI=1S/C14H18N4/c1-15-12-6-4-8-18(10-12)14-16-9-11-5-2-3-7-13(11)17-14/h2-3,5,7,9,12,15H,4,6,8,10H2,1H3. The summed E-state index contributed by atoms with van der Waals surface area (Å²) in [7, 11) is 2.02. The Kier molecular flexibility index (Phi) is 3.11. The van der Waals surface area contributed by atoms with Gasteiger partial charge in [0, 0.05) is 30.7 Å². The van der Waals surface area contributed by atoms with Gasteiger partial charge in [0.1, 0.15) is 0 Å². The van der Waals surface area contributed by atoms with Gasteiger partial charge in [-0.05, 0) is 26.0 Å². The van der Waals surface area contributed by atoms with Crippen molar-refractivity contribution >= 4 is 16.9 Å². The van der Waals surface area contributed by atoms with Crippen LogP contribution in [0.5, 0.6) is 0 Å². The molecule has 1 aliphatic heterocycles. The van der Waals surface area contributed by atoms with Crippen molar-refractivity contribution in [1.29, 1.82) is 0 Å². The fraction of sp³-hybridized carbons (Fsp3) is 0.429. The van der Waals surface area contributed by atoms with Gasteiger partial charge >= 0.3 is 0 Å². The Morgan fingerprint density at radius 2 is 2.22 bits per heavy atom. The first-order valence-corrected chi connectivity index (χ1v) is 6.51. The fourth-order valence-corrected chi connectivity index (χ4v) is 2.51. The molecule has 2 aromatic rings. The molecule has 1 aromatic heterocycles. The monoisotopic (exact) mass is 242 g/mol. The maximum Gasteiger partial charge on any atom is 0.225 e. The molecule has 1 aliphatic rings. The minimum absolute atomic E-state index is 0.550. The lowest BCUT2D eigenvalue weighted by atomic mass is 10.1. The van der Waals surface area contributed by atoms with Crippen LogP contribution in [0.25, 0.3) is 10.9 Å². The molecule has 0 aliphatic carbocycles. The van der Waals surface area contributed by atoms with E-state index in [4.69, 9.17) is 0 Å². The normalized spacial score (nSPS) is 20.3. The third-order valence-corrected chi connectivity index (χ3v) is 3.59. The molecule has 1 aromatic carbocycles. The highest BCUT2D eigenvalue weighted by molar-refractivity contribution is 5.78. The number of aromatic nitrogens is 2. The summed E-state index contributed by atoms with van der Waals surface area (Å²) in [5.74, 6) is 0.855. The number of hydrogen-bond donors (Lipinski definition) is 1. The van der Waals surface area contributed by atoms with Gasteiger partial charge in [0.25, 0.3) is 0 Å². The smallest absolute Gasteiger partial charge is 0.225 e. The molecule has 1 fully saturated rings. The van der Waals surface area contributed by atoms with E-state index in [1.54, 1.807) is 0 Å². The van der Waals surface area contributed by atoms with E-state index in [0.717, 1.165) is 29.9 Å². The van der Waals surface area contributed by atoms with Crippen LogP contribution >= 0.6 is 0 Å². The molecule has 1 N–H and O–H groups in total. The number of piperidine rings is 1. The number of nitrogens with one attached hydrogen (secondary N) is 1. The Bertz CT molecular complexity index is 540. The molecule has 18 heavy (non-hydrogen) atoms. The molecular weight excluding hydrogens is 224 g/mol. The number of benzene rings is 1. The molecule has 0 amide bonds. The summed E-state index contributed by atoms with van der Waals surface area (Å²) in [5.41, 5.74) is 1.02. The largest absolute Gasteiger partial charge is 0.339 e. The van der Waals surface area contributed by atoms with Crippen molar-refractivity contribution in [2.75, 3.05) is 25.0 Å². The third-order valence-electron chi connectivity index (χ3n) is 3.59. The molecule has 3 rings (SSSR count). The van der Waals surface area contributed by atoms with E-state index in [2.05, 4.69) is 20.2 Å². The number of para-hydroxylation sites is 1. The van der Waals surface area contributed by atoms with Crippen molar-refractivity contribution in [3.8, 4) is 0 Å². The number of anilines is 1. The lowest BCUT2D eigenvalue weighted by Gasteiger charge is -2.32. The number of fused-ring (bicyclic) bond motifs is 1.